The molecule has 0 atom stereocenters. The Labute approximate surface area is 241 Å². The minimum atomic E-state index is 1.26. The highest BCUT2D eigenvalue weighted by molar-refractivity contribution is 7.27. The van der Waals surface area contributed by atoms with Crippen LogP contribution in [0.25, 0.3) is 85.5 Å². The second kappa shape index (κ2) is 8.76. The molecule has 0 radical (unpaired) electrons. The van der Waals surface area contributed by atoms with Gasteiger partial charge in [0.05, 0.1) is 0 Å². The van der Waals surface area contributed by atoms with Gasteiger partial charge in [0.25, 0.3) is 0 Å². The third-order valence-corrected chi connectivity index (χ3v) is 9.92. The van der Waals surface area contributed by atoms with Gasteiger partial charge in [0.1, 0.15) is 0 Å². The molecular weight excluding hydrogens is 513 g/mol. The molecule has 0 aliphatic rings. The van der Waals surface area contributed by atoms with Crippen molar-refractivity contribution in [2.45, 2.75) is 0 Å². The maximum absolute atomic E-state index is 2.35. The molecule has 0 N–H and O–H groups in total. The molecule has 0 saturated heterocycles. The number of benzene rings is 8. The Bertz CT molecular complexity index is 2420. The molecule has 0 fully saturated rings. The highest BCUT2D eigenvalue weighted by atomic mass is 32.1. The van der Waals surface area contributed by atoms with Crippen molar-refractivity contribution in [2.24, 2.45) is 0 Å². The van der Waals surface area contributed by atoms with Crippen molar-refractivity contribution < 1.29 is 0 Å². The van der Waals surface area contributed by atoms with Crippen LogP contribution in [0.3, 0.4) is 0 Å². The lowest BCUT2D eigenvalue weighted by Crippen LogP contribution is -1.91. The van der Waals surface area contributed by atoms with Crippen LogP contribution in [0.15, 0.2) is 146 Å². The van der Waals surface area contributed by atoms with E-state index in [1.165, 1.54) is 85.5 Å². The Morgan fingerprint density at radius 2 is 0.854 bits per heavy atom. The molecular formula is C40H24S. The molecule has 0 spiro atoms. The fourth-order valence-electron chi connectivity index (χ4n) is 6.80. The van der Waals surface area contributed by atoms with Crippen LogP contribution >= 0.6 is 11.3 Å². The largest absolute Gasteiger partial charge is 0.134 e. The van der Waals surface area contributed by atoms with Gasteiger partial charge in [-0.05, 0) is 65.8 Å². The van der Waals surface area contributed by atoms with Crippen molar-refractivity contribution in [3.05, 3.63) is 146 Å². The summed E-state index contributed by atoms with van der Waals surface area (Å²) < 4.78 is 2.72. The first-order valence-electron chi connectivity index (χ1n) is 14.1. The van der Waals surface area contributed by atoms with Crippen LogP contribution in [0.2, 0.25) is 0 Å². The zero-order chi connectivity index (χ0) is 26.9. The molecule has 0 nitrogen and oxygen atoms in total. The molecule has 9 rings (SSSR count). The first-order chi connectivity index (χ1) is 20.3. The summed E-state index contributed by atoms with van der Waals surface area (Å²) in [5.74, 6) is 0. The third-order valence-electron chi connectivity index (χ3n) is 8.63. The minimum Gasteiger partial charge on any atom is -0.134 e. The van der Waals surface area contributed by atoms with Gasteiger partial charge in [-0.15, -0.1) is 11.3 Å². The van der Waals surface area contributed by atoms with Crippen molar-refractivity contribution in [2.75, 3.05) is 0 Å². The van der Waals surface area contributed by atoms with Gasteiger partial charge in [-0.25, -0.2) is 0 Å². The molecule has 1 heterocycles. The average Bonchev–Trinajstić information content (AvgIpc) is 3.43. The van der Waals surface area contributed by atoms with E-state index in [2.05, 4.69) is 146 Å². The van der Waals surface area contributed by atoms with Crippen LogP contribution in [0.1, 0.15) is 0 Å². The summed E-state index contributed by atoms with van der Waals surface area (Å²) in [4.78, 5) is 0. The molecule has 9 aromatic rings. The molecule has 0 bridgehead atoms. The summed E-state index contributed by atoms with van der Waals surface area (Å²) in [6.45, 7) is 0. The van der Waals surface area contributed by atoms with E-state index in [0.717, 1.165) is 0 Å². The van der Waals surface area contributed by atoms with Gasteiger partial charge in [-0.2, -0.15) is 0 Å². The lowest BCUT2D eigenvalue weighted by Gasteiger charge is -2.18. The number of thiophene rings is 1. The van der Waals surface area contributed by atoms with E-state index in [-0.39, 0.29) is 0 Å². The first-order valence-corrected chi connectivity index (χ1v) is 14.9. The summed E-state index contributed by atoms with van der Waals surface area (Å²) in [5, 5.41) is 13.0. The quantitative estimate of drug-likeness (QED) is 0.193. The second-order valence-corrected chi connectivity index (χ2v) is 11.9. The van der Waals surface area contributed by atoms with Crippen molar-refractivity contribution >= 4 is 74.6 Å². The number of hydrogen-bond acceptors (Lipinski definition) is 1. The fourth-order valence-corrected chi connectivity index (χ4v) is 8.15. The van der Waals surface area contributed by atoms with E-state index in [1.54, 1.807) is 0 Å². The molecule has 190 valence electrons. The Kier molecular flexibility index (Phi) is 4.87. The van der Waals surface area contributed by atoms with E-state index >= 15 is 0 Å². The number of fused-ring (bicyclic) bond motifs is 8. The van der Waals surface area contributed by atoms with Crippen molar-refractivity contribution in [1.82, 2.24) is 0 Å². The molecule has 41 heavy (non-hydrogen) atoms. The number of rotatable bonds is 2. The molecule has 8 aromatic carbocycles. The first kappa shape index (κ1) is 22.8. The van der Waals surface area contributed by atoms with Gasteiger partial charge in [-0.1, -0.05) is 140 Å². The van der Waals surface area contributed by atoms with Crippen LogP contribution in [0.4, 0.5) is 0 Å². The predicted octanol–water partition coefficient (Wildman–Crippen LogP) is 12.0. The van der Waals surface area contributed by atoms with Gasteiger partial charge in [-0.3, -0.25) is 0 Å². The second-order valence-electron chi connectivity index (χ2n) is 10.9. The lowest BCUT2D eigenvalue weighted by molar-refractivity contribution is 1.69. The maximum atomic E-state index is 2.35. The maximum Gasteiger partial charge on any atom is 0.0434 e. The summed E-state index contributed by atoms with van der Waals surface area (Å²) in [7, 11) is 0. The standard InChI is InChI=1S/C40H24S/c1-2-12-27-24-28(21-20-25(27)10-1)37-30-14-5-7-16-32(30)38(33-17-8-6-15-31(33)37)36-19-9-18-34-35-23-22-26-11-3-4-13-29(26)39(35)41-40(34)36/h1-24H. The van der Waals surface area contributed by atoms with Crippen molar-refractivity contribution in [1.29, 1.82) is 0 Å². The minimum absolute atomic E-state index is 1.26. The molecule has 1 aromatic heterocycles. The Balaban J connectivity index is 1.42. The van der Waals surface area contributed by atoms with E-state index in [1.807, 2.05) is 11.3 Å². The van der Waals surface area contributed by atoms with E-state index in [0.29, 0.717) is 0 Å². The van der Waals surface area contributed by atoms with Crippen LogP contribution in [-0.2, 0) is 0 Å². The summed E-state index contributed by atoms with van der Waals surface area (Å²) in [6, 6.07) is 53.6. The Morgan fingerprint density at radius 3 is 1.59 bits per heavy atom. The van der Waals surface area contributed by atoms with Gasteiger partial charge < -0.3 is 0 Å². The van der Waals surface area contributed by atoms with Crippen molar-refractivity contribution in [3.8, 4) is 22.3 Å². The van der Waals surface area contributed by atoms with Crippen LogP contribution < -0.4 is 0 Å². The van der Waals surface area contributed by atoms with E-state index < -0.39 is 0 Å². The smallest absolute Gasteiger partial charge is 0.0434 e. The van der Waals surface area contributed by atoms with Gasteiger partial charge in [0.2, 0.25) is 0 Å². The van der Waals surface area contributed by atoms with Gasteiger partial charge in [0, 0.05) is 25.7 Å². The third kappa shape index (κ3) is 3.33. The molecule has 0 amide bonds. The van der Waals surface area contributed by atoms with E-state index in [9.17, 15) is 0 Å². The van der Waals surface area contributed by atoms with Crippen LogP contribution in [0, 0.1) is 0 Å². The van der Waals surface area contributed by atoms with Crippen molar-refractivity contribution in [3.63, 3.8) is 0 Å². The molecule has 1 heteroatoms. The van der Waals surface area contributed by atoms with Crippen LogP contribution in [-0.4, -0.2) is 0 Å². The Morgan fingerprint density at radius 1 is 0.317 bits per heavy atom. The Hall–Kier alpha value is -4.98. The predicted molar refractivity (Wildman–Crippen MR) is 180 cm³/mol. The SMILES string of the molecule is c1ccc2cc(-c3c4ccccc4c(-c4cccc5c4sc4c6ccccc6ccc54)c4ccccc34)ccc2c1. The molecule has 0 aliphatic heterocycles. The zero-order valence-electron chi connectivity index (χ0n) is 22.3. The summed E-state index contributed by atoms with van der Waals surface area (Å²) >= 11 is 1.93. The fraction of sp³-hybridized carbons (Fsp3) is 0. The number of hydrogen-bond donors (Lipinski definition) is 0. The van der Waals surface area contributed by atoms with Gasteiger partial charge in [0.15, 0.2) is 0 Å². The molecule has 0 aliphatic carbocycles. The zero-order valence-corrected chi connectivity index (χ0v) is 23.1. The molecule has 0 saturated carbocycles. The topological polar surface area (TPSA) is 0 Å². The lowest BCUT2D eigenvalue weighted by atomic mass is 9.85. The van der Waals surface area contributed by atoms with Gasteiger partial charge >= 0.3 is 0 Å². The summed E-state index contributed by atoms with van der Waals surface area (Å²) in [5.41, 5.74) is 5.20. The monoisotopic (exact) mass is 536 g/mol. The average molecular weight is 537 g/mol. The molecule has 0 unspecified atom stereocenters. The highest BCUT2D eigenvalue weighted by Gasteiger charge is 2.19. The van der Waals surface area contributed by atoms with E-state index in [4.69, 9.17) is 0 Å². The normalized spacial score (nSPS) is 11.9. The van der Waals surface area contributed by atoms with Crippen LogP contribution in [0.5, 0.6) is 0 Å². The summed E-state index contributed by atoms with van der Waals surface area (Å²) in [6.07, 6.45) is 0. The highest BCUT2D eigenvalue weighted by Crippen LogP contribution is 2.48.